The predicted molar refractivity (Wildman–Crippen MR) is 74.2 cm³/mol. The van der Waals surface area contributed by atoms with Gasteiger partial charge in [-0.3, -0.25) is 4.99 Å². The van der Waals surface area contributed by atoms with E-state index in [1.165, 1.54) is 31.9 Å². The van der Waals surface area contributed by atoms with Gasteiger partial charge in [0.05, 0.1) is 6.26 Å². The standard InChI is InChI=1S/C11H24N4O2S/c1-12-11(15-10-6-3-4-7-10)13-8-5-9-14-18(2,16)17/h10,14H,3-9H2,1-2H3,(H2,12,13,15). The van der Waals surface area contributed by atoms with E-state index in [1.54, 1.807) is 7.05 Å². The zero-order chi connectivity index (χ0) is 13.4. The summed E-state index contributed by atoms with van der Waals surface area (Å²) in [5, 5.41) is 6.56. The number of rotatable bonds is 6. The van der Waals surface area contributed by atoms with Gasteiger partial charge in [0.2, 0.25) is 10.0 Å². The quantitative estimate of drug-likeness (QED) is 0.363. The van der Waals surface area contributed by atoms with Crippen LogP contribution in [0.2, 0.25) is 0 Å². The van der Waals surface area contributed by atoms with Gasteiger partial charge in [0.1, 0.15) is 0 Å². The Morgan fingerprint density at radius 3 is 2.50 bits per heavy atom. The highest BCUT2D eigenvalue weighted by atomic mass is 32.2. The Morgan fingerprint density at radius 1 is 1.28 bits per heavy atom. The second kappa shape index (κ2) is 7.58. The molecule has 1 aliphatic rings. The lowest BCUT2D eigenvalue weighted by molar-refractivity contribution is 0.583. The van der Waals surface area contributed by atoms with E-state index < -0.39 is 10.0 Å². The lowest BCUT2D eigenvalue weighted by Gasteiger charge is -2.16. The van der Waals surface area contributed by atoms with Crippen LogP contribution in [0.5, 0.6) is 0 Å². The molecule has 3 N–H and O–H groups in total. The van der Waals surface area contributed by atoms with Gasteiger partial charge in [0.25, 0.3) is 0 Å². The SMILES string of the molecule is CN=C(NCCCNS(C)(=O)=O)NC1CCCC1. The molecule has 0 aromatic rings. The monoisotopic (exact) mass is 276 g/mol. The van der Waals surface area contributed by atoms with Crippen LogP contribution in [0.3, 0.4) is 0 Å². The number of nitrogens with zero attached hydrogens (tertiary/aromatic N) is 1. The van der Waals surface area contributed by atoms with E-state index in [-0.39, 0.29) is 0 Å². The fraction of sp³-hybridized carbons (Fsp3) is 0.909. The molecule has 0 heterocycles. The summed E-state index contributed by atoms with van der Waals surface area (Å²) in [5.41, 5.74) is 0. The first-order valence-electron chi connectivity index (χ1n) is 6.43. The van der Waals surface area contributed by atoms with Crippen molar-refractivity contribution in [2.75, 3.05) is 26.4 Å². The van der Waals surface area contributed by atoms with E-state index in [0.29, 0.717) is 19.1 Å². The van der Waals surface area contributed by atoms with Gasteiger partial charge in [-0.05, 0) is 19.3 Å². The van der Waals surface area contributed by atoms with Crippen LogP contribution in [0, 0.1) is 0 Å². The molecule has 0 unspecified atom stereocenters. The van der Waals surface area contributed by atoms with Gasteiger partial charge >= 0.3 is 0 Å². The van der Waals surface area contributed by atoms with Crippen molar-refractivity contribution < 1.29 is 8.42 Å². The fourth-order valence-electron chi connectivity index (χ4n) is 2.01. The highest BCUT2D eigenvalue weighted by molar-refractivity contribution is 7.88. The molecule has 18 heavy (non-hydrogen) atoms. The molecule has 1 rings (SSSR count). The Hall–Kier alpha value is -0.820. The minimum absolute atomic E-state index is 0.451. The van der Waals surface area contributed by atoms with Crippen molar-refractivity contribution in [3.05, 3.63) is 0 Å². The molecular weight excluding hydrogens is 252 g/mol. The van der Waals surface area contributed by atoms with Crippen LogP contribution in [0.25, 0.3) is 0 Å². The van der Waals surface area contributed by atoms with Crippen LogP contribution in [-0.4, -0.2) is 46.8 Å². The van der Waals surface area contributed by atoms with Crippen LogP contribution in [0.15, 0.2) is 4.99 Å². The zero-order valence-electron chi connectivity index (χ0n) is 11.2. The summed E-state index contributed by atoms with van der Waals surface area (Å²) in [4.78, 5) is 4.15. The van der Waals surface area contributed by atoms with Crippen molar-refractivity contribution >= 4 is 16.0 Å². The molecule has 1 saturated carbocycles. The first-order valence-corrected chi connectivity index (χ1v) is 8.32. The third-order valence-electron chi connectivity index (χ3n) is 2.93. The van der Waals surface area contributed by atoms with Crippen LogP contribution in [-0.2, 0) is 10.0 Å². The lowest BCUT2D eigenvalue weighted by Crippen LogP contribution is -2.43. The van der Waals surface area contributed by atoms with Crippen molar-refractivity contribution in [2.24, 2.45) is 4.99 Å². The average Bonchev–Trinajstić information content (AvgIpc) is 2.78. The van der Waals surface area contributed by atoms with Crippen LogP contribution in [0.1, 0.15) is 32.1 Å². The van der Waals surface area contributed by atoms with Gasteiger partial charge in [-0.1, -0.05) is 12.8 Å². The maximum atomic E-state index is 10.8. The summed E-state index contributed by atoms with van der Waals surface area (Å²) < 4.78 is 24.2. The molecule has 0 aromatic heterocycles. The number of hydrogen-bond donors (Lipinski definition) is 3. The normalized spacial score (nSPS) is 18.0. The number of hydrogen-bond acceptors (Lipinski definition) is 3. The van der Waals surface area contributed by atoms with Gasteiger partial charge in [0.15, 0.2) is 5.96 Å². The second-order valence-electron chi connectivity index (χ2n) is 4.64. The Bertz CT molecular complexity index is 361. The van der Waals surface area contributed by atoms with Gasteiger partial charge in [-0.25, -0.2) is 13.1 Å². The maximum Gasteiger partial charge on any atom is 0.208 e. The van der Waals surface area contributed by atoms with Gasteiger partial charge in [-0.2, -0.15) is 0 Å². The molecule has 0 aromatic carbocycles. The lowest BCUT2D eigenvalue weighted by atomic mass is 10.2. The summed E-state index contributed by atoms with van der Waals surface area (Å²) >= 11 is 0. The average molecular weight is 276 g/mol. The summed E-state index contributed by atoms with van der Waals surface area (Å²) in [7, 11) is -1.32. The highest BCUT2D eigenvalue weighted by Crippen LogP contribution is 2.17. The Morgan fingerprint density at radius 2 is 1.94 bits per heavy atom. The van der Waals surface area contributed by atoms with E-state index in [0.717, 1.165) is 12.4 Å². The smallest absolute Gasteiger partial charge is 0.208 e. The fourth-order valence-corrected chi connectivity index (χ4v) is 2.53. The zero-order valence-corrected chi connectivity index (χ0v) is 12.0. The first kappa shape index (κ1) is 15.2. The molecule has 0 bridgehead atoms. The maximum absolute atomic E-state index is 10.8. The number of guanidine groups is 1. The third-order valence-corrected chi connectivity index (χ3v) is 3.66. The Balaban J connectivity index is 2.12. The molecule has 106 valence electrons. The predicted octanol–water partition coefficient (Wildman–Crippen LogP) is 0.0333. The van der Waals surface area contributed by atoms with Crippen LogP contribution < -0.4 is 15.4 Å². The number of aliphatic imine (C=N–C) groups is 1. The highest BCUT2D eigenvalue weighted by Gasteiger charge is 2.15. The van der Waals surface area contributed by atoms with E-state index in [1.807, 2.05) is 0 Å². The molecule has 1 aliphatic carbocycles. The molecule has 6 nitrogen and oxygen atoms in total. The van der Waals surface area contributed by atoms with Gasteiger partial charge < -0.3 is 10.6 Å². The van der Waals surface area contributed by atoms with Gasteiger partial charge in [-0.15, -0.1) is 0 Å². The molecule has 0 spiro atoms. The minimum Gasteiger partial charge on any atom is -0.356 e. The molecule has 0 saturated heterocycles. The Labute approximate surface area is 110 Å². The van der Waals surface area contributed by atoms with Crippen LogP contribution >= 0.6 is 0 Å². The van der Waals surface area contributed by atoms with E-state index in [4.69, 9.17) is 0 Å². The Kier molecular flexibility index (Phi) is 6.42. The summed E-state index contributed by atoms with van der Waals surface area (Å²) in [6, 6.07) is 0.533. The van der Waals surface area contributed by atoms with Crippen molar-refractivity contribution in [2.45, 2.75) is 38.1 Å². The topological polar surface area (TPSA) is 82.6 Å². The summed E-state index contributed by atoms with van der Waals surface area (Å²) in [5.74, 6) is 0.807. The summed E-state index contributed by atoms with van der Waals surface area (Å²) in [6.07, 6.45) is 6.88. The second-order valence-corrected chi connectivity index (χ2v) is 6.48. The van der Waals surface area contributed by atoms with Crippen molar-refractivity contribution in [3.8, 4) is 0 Å². The van der Waals surface area contributed by atoms with Gasteiger partial charge in [0, 0.05) is 26.2 Å². The first-order chi connectivity index (χ1) is 8.51. The molecular formula is C11H24N4O2S. The molecule has 0 radical (unpaired) electrons. The molecule has 0 amide bonds. The third kappa shape index (κ3) is 6.80. The molecule has 0 aliphatic heterocycles. The molecule has 0 atom stereocenters. The summed E-state index contributed by atoms with van der Waals surface area (Å²) in [6.45, 7) is 1.15. The van der Waals surface area contributed by atoms with E-state index >= 15 is 0 Å². The number of nitrogens with one attached hydrogen (secondary N) is 3. The van der Waals surface area contributed by atoms with Crippen molar-refractivity contribution in [1.29, 1.82) is 0 Å². The van der Waals surface area contributed by atoms with Crippen molar-refractivity contribution in [3.63, 3.8) is 0 Å². The number of sulfonamides is 1. The van der Waals surface area contributed by atoms with Crippen molar-refractivity contribution in [1.82, 2.24) is 15.4 Å². The van der Waals surface area contributed by atoms with E-state index in [2.05, 4.69) is 20.3 Å². The largest absolute Gasteiger partial charge is 0.356 e. The molecule has 1 fully saturated rings. The minimum atomic E-state index is -3.07. The molecule has 7 heteroatoms. The van der Waals surface area contributed by atoms with Crippen LogP contribution in [0.4, 0.5) is 0 Å². The van der Waals surface area contributed by atoms with E-state index in [9.17, 15) is 8.42 Å².